The molecule has 0 spiro atoms. The molecule has 2 heterocycles. The van der Waals surface area contributed by atoms with Crippen molar-refractivity contribution in [2.24, 2.45) is 0 Å². The van der Waals surface area contributed by atoms with E-state index in [0.29, 0.717) is 37.1 Å². The summed E-state index contributed by atoms with van der Waals surface area (Å²) >= 11 is 6.27. The van der Waals surface area contributed by atoms with Crippen LogP contribution in [0.1, 0.15) is 15.9 Å². The summed E-state index contributed by atoms with van der Waals surface area (Å²) in [6, 6.07) is 23.5. The van der Waals surface area contributed by atoms with E-state index in [1.807, 2.05) is 84.6 Å². The van der Waals surface area contributed by atoms with Gasteiger partial charge in [-0.3, -0.25) is 4.79 Å². The molecule has 160 valence electrons. The first-order valence-electron chi connectivity index (χ1n) is 10.7. The van der Waals surface area contributed by atoms with Crippen LogP contribution in [-0.4, -0.2) is 47.0 Å². The first-order chi connectivity index (χ1) is 15.6. The Labute approximate surface area is 192 Å². The summed E-state index contributed by atoms with van der Waals surface area (Å²) in [5, 5.41) is 1.59. The fourth-order valence-electron chi connectivity index (χ4n) is 4.14. The standard InChI is InChI=1S/C26H23ClN4O/c1-18-7-5-6-10-21(18)25(32)30-13-15-31(16-14-30)26-28-23-12-11-20(27)17-22(23)24(29-26)19-8-3-2-4-9-19/h2-12,17H,13-16H2,1H3. The van der Waals surface area contributed by atoms with Crippen molar-refractivity contribution in [1.82, 2.24) is 14.9 Å². The minimum absolute atomic E-state index is 0.0850. The van der Waals surface area contributed by atoms with Gasteiger partial charge in [-0.1, -0.05) is 60.1 Å². The van der Waals surface area contributed by atoms with Crippen molar-refractivity contribution in [2.75, 3.05) is 31.1 Å². The molecule has 0 bridgehead atoms. The van der Waals surface area contributed by atoms with Gasteiger partial charge in [-0.2, -0.15) is 0 Å². The average Bonchev–Trinajstić information content (AvgIpc) is 2.84. The fraction of sp³-hybridized carbons (Fsp3) is 0.192. The topological polar surface area (TPSA) is 49.3 Å². The zero-order valence-corrected chi connectivity index (χ0v) is 18.6. The van der Waals surface area contributed by atoms with Crippen LogP contribution in [0.25, 0.3) is 22.2 Å². The molecule has 0 saturated carbocycles. The largest absolute Gasteiger partial charge is 0.337 e. The van der Waals surface area contributed by atoms with Crippen LogP contribution in [0.5, 0.6) is 0 Å². The number of halogens is 1. The number of anilines is 1. The molecule has 1 saturated heterocycles. The molecule has 5 nitrogen and oxygen atoms in total. The Bertz CT molecular complexity index is 1280. The summed E-state index contributed by atoms with van der Waals surface area (Å²) in [7, 11) is 0. The van der Waals surface area contributed by atoms with Crippen molar-refractivity contribution < 1.29 is 4.79 Å². The van der Waals surface area contributed by atoms with Crippen molar-refractivity contribution >= 4 is 34.4 Å². The number of hydrogen-bond donors (Lipinski definition) is 0. The summed E-state index contributed by atoms with van der Waals surface area (Å²) in [6.45, 7) is 4.62. The van der Waals surface area contributed by atoms with E-state index in [1.54, 1.807) is 0 Å². The lowest BCUT2D eigenvalue weighted by atomic mass is 10.1. The molecule has 32 heavy (non-hydrogen) atoms. The van der Waals surface area contributed by atoms with Gasteiger partial charge >= 0.3 is 0 Å². The Morgan fingerprint density at radius 1 is 0.875 bits per heavy atom. The molecular formula is C26H23ClN4O. The third-order valence-corrected chi connectivity index (χ3v) is 6.15. The van der Waals surface area contributed by atoms with Crippen molar-refractivity contribution in [3.8, 4) is 11.3 Å². The average molecular weight is 443 g/mol. The second kappa shape index (κ2) is 8.60. The van der Waals surface area contributed by atoms with Crippen LogP contribution in [0.3, 0.4) is 0 Å². The van der Waals surface area contributed by atoms with Crippen LogP contribution < -0.4 is 4.90 Å². The van der Waals surface area contributed by atoms with E-state index in [4.69, 9.17) is 21.6 Å². The number of carbonyl (C=O) groups excluding carboxylic acids is 1. The molecule has 0 N–H and O–H groups in total. The van der Waals surface area contributed by atoms with Gasteiger partial charge in [0, 0.05) is 47.7 Å². The third kappa shape index (κ3) is 3.92. The van der Waals surface area contributed by atoms with Gasteiger partial charge in [-0.15, -0.1) is 0 Å². The lowest BCUT2D eigenvalue weighted by Crippen LogP contribution is -2.49. The number of nitrogens with zero attached hydrogens (tertiary/aromatic N) is 4. The lowest BCUT2D eigenvalue weighted by Gasteiger charge is -2.35. The minimum atomic E-state index is 0.0850. The van der Waals surface area contributed by atoms with Gasteiger partial charge in [0.15, 0.2) is 0 Å². The molecule has 0 aliphatic carbocycles. The lowest BCUT2D eigenvalue weighted by molar-refractivity contribution is 0.0745. The van der Waals surface area contributed by atoms with Crippen LogP contribution in [-0.2, 0) is 0 Å². The zero-order chi connectivity index (χ0) is 22.1. The molecule has 4 aromatic rings. The molecule has 1 aliphatic heterocycles. The SMILES string of the molecule is Cc1ccccc1C(=O)N1CCN(c2nc(-c3ccccc3)c3cc(Cl)ccc3n2)CC1. The van der Waals surface area contributed by atoms with Crippen LogP contribution in [0.15, 0.2) is 72.8 Å². The highest BCUT2D eigenvalue weighted by molar-refractivity contribution is 6.31. The van der Waals surface area contributed by atoms with E-state index in [-0.39, 0.29) is 5.91 Å². The van der Waals surface area contributed by atoms with Gasteiger partial charge in [-0.25, -0.2) is 9.97 Å². The van der Waals surface area contributed by atoms with Gasteiger partial charge in [0.1, 0.15) is 0 Å². The first-order valence-corrected chi connectivity index (χ1v) is 11.1. The maximum absolute atomic E-state index is 13.0. The molecule has 1 aliphatic rings. The maximum atomic E-state index is 13.0. The Morgan fingerprint density at radius 3 is 2.34 bits per heavy atom. The molecule has 5 rings (SSSR count). The Morgan fingerprint density at radius 2 is 1.59 bits per heavy atom. The number of rotatable bonds is 3. The highest BCUT2D eigenvalue weighted by Crippen LogP contribution is 2.30. The smallest absolute Gasteiger partial charge is 0.254 e. The van der Waals surface area contributed by atoms with Crippen LogP contribution in [0, 0.1) is 6.92 Å². The number of carbonyl (C=O) groups is 1. The Balaban J connectivity index is 1.43. The van der Waals surface area contributed by atoms with Gasteiger partial charge < -0.3 is 9.80 Å². The quantitative estimate of drug-likeness (QED) is 0.436. The van der Waals surface area contributed by atoms with Crippen LogP contribution in [0.2, 0.25) is 5.02 Å². The van der Waals surface area contributed by atoms with E-state index in [2.05, 4.69) is 4.90 Å². The molecule has 1 amide bonds. The second-order valence-corrected chi connectivity index (χ2v) is 8.43. The van der Waals surface area contributed by atoms with E-state index in [0.717, 1.165) is 33.3 Å². The Kier molecular flexibility index (Phi) is 5.50. The molecule has 3 aromatic carbocycles. The summed E-state index contributed by atoms with van der Waals surface area (Å²) in [5.74, 6) is 0.767. The summed E-state index contributed by atoms with van der Waals surface area (Å²) < 4.78 is 0. The first kappa shape index (κ1) is 20.5. The number of piperazine rings is 1. The number of amides is 1. The third-order valence-electron chi connectivity index (χ3n) is 5.92. The van der Waals surface area contributed by atoms with Crippen LogP contribution in [0.4, 0.5) is 5.95 Å². The molecule has 1 aromatic heterocycles. The molecule has 0 radical (unpaired) electrons. The monoisotopic (exact) mass is 442 g/mol. The highest BCUT2D eigenvalue weighted by atomic mass is 35.5. The summed E-state index contributed by atoms with van der Waals surface area (Å²) in [4.78, 5) is 26.8. The maximum Gasteiger partial charge on any atom is 0.254 e. The van der Waals surface area contributed by atoms with E-state index in [1.165, 1.54) is 0 Å². The van der Waals surface area contributed by atoms with Crippen LogP contribution >= 0.6 is 11.6 Å². The molecule has 6 heteroatoms. The molecule has 1 fully saturated rings. The summed E-state index contributed by atoms with van der Waals surface area (Å²) in [5.41, 5.74) is 4.52. The molecule has 0 atom stereocenters. The number of aromatic nitrogens is 2. The fourth-order valence-corrected chi connectivity index (χ4v) is 4.31. The Hall–Kier alpha value is -3.44. The second-order valence-electron chi connectivity index (χ2n) is 7.99. The number of aryl methyl sites for hydroxylation is 1. The molecule has 0 unspecified atom stereocenters. The van der Waals surface area contributed by atoms with Gasteiger partial charge in [0.2, 0.25) is 5.95 Å². The van der Waals surface area contributed by atoms with Crippen molar-refractivity contribution in [2.45, 2.75) is 6.92 Å². The predicted octanol–water partition coefficient (Wildman–Crippen LogP) is 5.22. The number of fused-ring (bicyclic) bond motifs is 1. The predicted molar refractivity (Wildman–Crippen MR) is 129 cm³/mol. The normalized spacial score (nSPS) is 14.1. The van der Waals surface area contributed by atoms with Crippen molar-refractivity contribution in [1.29, 1.82) is 0 Å². The number of hydrogen-bond acceptors (Lipinski definition) is 4. The minimum Gasteiger partial charge on any atom is -0.337 e. The van der Waals surface area contributed by atoms with Crippen molar-refractivity contribution in [3.63, 3.8) is 0 Å². The number of benzene rings is 3. The zero-order valence-electron chi connectivity index (χ0n) is 17.8. The molecular weight excluding hydrogens is 420 g/mol. The van der Waals surface area contributed by atoms with Gasteiger partial charge in [0.05, 0.1) is 11.2 Å². The van der Waals surface area contributed by atoms with E-state index < -0.39 is 0 Å². The van der Waals surface area contributed by atoms with Gasteiger partial charge in [-0.05, 0) is 36.8 Å². The summed E-state index contributed by atoms with van der Waals surface area (Å²) in [6.07, 6.45) is 0. The van der Waals surface area contributed by atoms with E-state index >= 15 is 0 Å². The van der Waals surface area contributed by atoms with E-state index in [9.17, 15) is 4.79 Å². The highest BCUT2D eigenvalue weighted by Gasteiger charge is 2.25. The van der Waals surface area contributed by atoms with Crippen molar-refractivity contribution in [3.05, 3.63) is 88.9 Å². The van der Waals surface area contributed by atoms with Gasteiger partial charge in [0.25, 0.3) is 5.91 Å².